The van der Waals surface area contributed by atoms with E-state index in [2.05, 4.69) is 4.72 Å². The molecule has 0 aromatic carbocycles. The van der Waals surface area contributed by atoms with Crippen LogP contribution in [0.1, 0.15) is 19.3 Å². The summed E-state index contributed by atoms with van der Waals surface area (Å²) < 4.78 is 50.5. The summed E-state index contributed by atoms with van der Waals surface area (Å²) in [5, 5.41) is 8.97. The summed E-state index contributed by atoms with van der Waals surface area (Å²) in [6, 6.07) is 0. The first-order chi connectivity index (χ1) is 9.70. The Hall–Kier alpha value is -0.710. The van der Waals surface area contributed by atoms with Gasteiger partial charge in [0.1, 0.15) is 0 Å². The fraction of sp³-hybridized carbons (Fsp3) is 0.909. The summed E-state index contributed by atoms with van der Waals surface area (Å²) in [7, 11) is -6.78. The Balaban J connectivity index is 1.91. The number of nitrogens with zero attached hydrogens (tertiary/aromatic N) is 1. The number of carboxylic acid groups (broad SMARTS) is 1. The highest BCUT2D eigenvalue weighted by Crippen LogP contribution is 2.20. The normalized spacial score (nSPS) is 30.3. The number of carboxylic acids is 1. The predicted molar refractivity (Wildman–Crippen MR) is 75.6 cm³/mol. The van der Waals surface area contributed by atoms with Crippen LogP contribution in [0.2, 0.25) is 0 Å². The van der Waals surface area contributed by atoms with Crippen molar-refractivity contribution in [1.82, 2.24) is 9.03 Å². The third kappa shape index (κ3) is 4.38. The molecule has 2 N–H and O–H groups in total. The van der Waals surface area contributed by atoms with Crippen molar-refractivity contribution in [3.8, 4) is 0 Å². The number of carbonyl (C=O) groups is 1. The zero-order valence-corrected chi connectivity index (χ0v) is 13.2. The van der Waals surface area contributed by atoms with E-state index in [-0.39, 0.29) is 30.5 Å². The number of sulfone groups is 1. The van der Waals surface area contributed by atoms with Gasteiger partial charge < -0.3 is 5.11 Å². The molecule has 2 rings (SSSR count). The first-order valence-corrected chi connectivity index (χ1v) is 10.1. The highest BCUT2D eigenvalue weighted by Gasteiger charge is 2.34. The molecule has 0 aromatic heterocycles. The molecule has 2 fully saturated rings. The average molecular weight is 340 g/mol. The van der Waals surface area contributed by atoms with Gasteiger partial charge >= 0.3 is 5.97 Å². The standard InChI is InChI=1S/C11H20N2O6S2/c14-11(15)10-2-1-4-13(7-10)21(18,19)12-6-9-3-5-20(16,17)8-9/h9-10,12H,1-8H2,(H,14,15). The Kier molecular flexibility index (Phi) is 4.91. The van der Waals surface area contributed by atoms with Gasteiger partial charge in [0.05, 0.1) is 17.4 Å². The molecule has 0 amide bonds. The maximum Gasteiger partial charge on any atom is 0.307 e. The van der Waals surface area contributed by atoms with E-state index in [1.165, 1.54) is 0 Å². The van der Waals surface area contributed by atoms with Gasteiger partial charge in [0.25, 0.3) is 10.2 Å². The monoisotopic (exact) mass is 340 g/mol. The smallest absolute Gasteiger partial charge is 0.307 e. The van der Waals surface area contributed by atoms with Crippen molar-refractivity contribution in [2.24, 2.45) is 11.8 Å². The van der Waals surface area contributed by atoms with Crippen molar-refractivity contribution in [2.45, 2.75) is 19.3 Å². The fourth-order valence-corrected chi connectivity index (χ4v) is 5.95. The van der Waals surface area contributed by atoms with E-state index >= 15 is 0 Å². The van der Waals surface area contributed by atoms with Crippen molar-refractivity contribution in [1.29, 1.82) is 0 Å². The Morgan fingerprint density at radius 1 is 1.33 bits per heavy atom. The van der Waals surface area contributed by atoms with Crippen LogP contribution in [0.5, 0.6) is 0 Å². The lowest BCUT2D eigenvalue weighted by molar-refractivity contribution is -0.142. The third-order valence-corrected chi connectivity index (χ3v) is 7.33. The lowest BCUT2D eigenvalue weighted by atomic mass is 10.0. The first kappa shape index (κ1) is 16.7. The minimum absolute atomic E-state index is 0.00721. The van der Waals surface area contributed by atoms with Crippen LogP contribution in [-0.2, 0) is 24.8 Å². The summed E-state index contributed by atoms with van der Waals surface area (Å²) in [6.07, 6.45) is 1.44. The number of aliphatic carboxylic acids is 1. The molecule has 0 bridgehead atoms. The van der Waals surface area contributed by atoms with Crippen LogP contribution >= 0.6 is 0 Å². The fourth-order valence-electron chi connectivity index (χ4n) is 2.71. The topological polar surface area (TPSA) is 121 Å². The van der Waals surface area contributed by atoms with Gasteiger partial charge in [-0.2, -0.15) is 12.7 Å². The second-order valence-electron chi connectivity index (χ2n) is 5.66. The summed E-state index contributed by atoms with van der Waals surface area (Å²) >= 11 is 0. The van der Waals surface area contributed by atoms with Crippen molar-refractivity contribution in [3.63, 3.8) is 0 Å². The first-order valence-electron chi connectivity index (χ1n) is 6.87. The molecule has 2 saturated heterocycles. The molecular weight excluding hydrogens is 320 g/mol. The van der Waals surface area contributed by atoms with Crippen LogP contribution in [0.3, 0.4) is 0 Å². The van der Waals surface area contributed by atoms with Crippen molar-refractivity contribution < 1.29 is 26.7 Å². The van der Waals surface area contributed by atoms with Gasteiger partial charge in [0.2, 0.25) is 0 Å². The molecule has 0 radical (unpaired) electrons. The van der Waals surface area contributed by atoms with Gasteiger partial charge in [-0.1, -0.05) is 0 Å². The lowest BCUT2D eigenvalue weighted by Gasteiger charge is -2.30. The van der Waals surface area contributed by atoms with Gasteiger partial charge in [0, 0.05) is 19.6 Å². The van der Waals surface area contributed by atoms with Gasteiger partial charge in [-0.15, -0.1) is 0 Å². The Morgan fingerprint density at radius 3 is 2.62 bits per heavy atom. The van der Waals surface area contributed by atoms with E-state index in [4.69, 9.17) is 5.11 Å². The molecule has 0 saturated carbocycles. The Labute approximate surface area is 124 Å². The van der Waals surface area contributed by atoms with Crippen LogP contribution in [0.4, 0.5) is 0 Å². The van der Waals surface area contributed by atoms with Crippen LogP contribution < -0.4 is 4.72 Å². The predicted octanol–water partition coefficient (Wildman–Crippen LogP) is -0.948. The Bertz CT molecular complexity index is 600. The molecule has 2 aliphatic heterocycles. The lowest BCUT2D eigenvalue weighted by Crippen LogP contribution is -2.48. The number of hydrogen-bond acceptors (Lipinski definition) is 5. The molecular formula is C11H20N2O6S2. The number of hydrogen-bond donors (Lipinski definition) is 2. The highest BCUT2D eigenvalue weighted by molar-refractivity contribution is 7.91. The van der Waals surface area contributed by atoms with E-state index in [0.717, 1.165) is 4.31 Å². The van der Waals surface area contributed by atoms with E-state index < -0.39 is 31.9 Å². The second kappa shape index (κ2) is 6.19. The average Bonchev–Trinajstić information content (AvgIpc) is 2.76. The van der Waals surface area contributed by atoms with Gasteiger partial charge in [-0.05, 0) is 25.2 Å². The molecule has 122 valence electrons. The molecule has 0 spiro atoms. The zero-order valence-electron chi connectivity index (χ0n) is 11.6. The summed E-state index contributed by atoms with van der Waals surface area (Å²) in [6.45, 7) is 0.339. The maximum atomic E-state index is 12.1. The van der Waals surface area contributed by atoms with Crippen LogP contribution in [-0.4, -0.2) is 63.4 Å². The number of nitrogens with one attached hydrogen (secondary N) is 1. The van der Waals surface area contributed by atoms with E-state index in [9.17, 15) is 21.6 Å². The molecule has 0 aliphatic carbocycles. The summed E-state index contributed by atoms with van der Waals surface area (Å²) in [4.78, 5) is 11.0. The highest BCUT2D eigenvalue weighted by atomic mass is 32.2. The summed E-state index contributed by atoms with van der Waals surface area (Å²) in [5.74, 6) is -1.76. The minimum Gasteiger partial charge on any atom is -0.481 e. The molecule has 2 aliphatic rings. The largest absolute Gasteiger partial charge is 0.481 e. The van der Waals surface area contributed by atoms with E-state index in [1.807, 2.05) is 0 Å². The number of rotatable bonds is 5. The molecule has 8 nitrogen and oxygen atoms in total. The molecule has 21 heavy (non-hydrogen) atoms. The van der Waals surface area contributed by atoms with Crippen molar-refractivity contribution >= 4 is 26.0 Å². The molecule has 10 heteroatoms. The molecule has 0 aromatic rings. The summed E-state index contributed by atoms with van der Waals surface area (Å²) in [5.41, 5.74) is 0. The quantitative estimate of drug-likeness (QED) is 0.666. The van der Waals surface area contributed by atoms with Crippen LogP contribution in [0.25, 0.3) is 0 Å². The van der Waals surface area contributed by atoms with Gasteiger partial charge in [-0.25, -0.2) is 13.1 Å². The van der Waals surface area contributed by atoms with Gasteiger partial charge in [0.15, 0.2) is 9.84 Å². The minimum atomic E-state index is -3.75. The van der Waals surface area contributed by atoms with Gasteiger partial charge in [-0.3, -0.25) is 4.79 Å². The molecule has 2 heterocycles. The third-order valence-electron chi connectivity index (χ3n) is 3.95. The van der Waals surface area contributed by atoms with Crippen LogP contribution in [0.15, 0.2) is 0 Å². The van der Waals surface area contributed by atoms with Crippen molar-refractivity contribution in [2.75, 3.05) is 31.1 Å². The van der Waals surface area contributed by atoms with Crippen molar-refractivity contribution in [3.05, 3.63) is 0 Å². The maximum absolute atomic E-state index is 12.1. The zero-order chi connectivity index (χ0) is 15.7. The van der Waals surface area contributed by atoms with E-state index in [1.54, 1.807) is 0 Å². The number of piperidine rings is 1. The Morgan fingerprint density at radius 2 is 2.05 bits per heavy atom. The molecule has 2 atom stereocenters. The SMILES string of the molecule is O=C(O)C1CCCN(S(=O)(=O)NCC2CCS(=O)(=O)C2)C1. The van der Waals surface area contributed by atoms with Crippen LogP contribution in [0, 0.1) is 11.8 Å². The molecule has 2 unspecified atom stereocenters. The van der Waals surface area contributed by atoms with E-state index in [0.29, 0.717) is 25.8 Å². The second-order valence-corrected chi connectivity index (χ2v) is 9.64.